The predicted molar refractivity (Wildman–Crippen MR) is 90.0 cm³/mol. The molecule has 2 aromatic rings. The van der Waals surface area contributed by atoms with Crippen molar-refractivity contribution in [2.75, 3.05) is 26.2 Å². The van der Waals surface area contributed by atoms with E-state index in [1.165, 1.54) is 0 Å². The van der Waals surface area contributed by atoms with E-state index in [-0.39, 0.29) is 6.04 Å². The zero-order chi connectivity index (χ0) is 16.6. The first-order valence-electron chi connectivity index (χ1n) is 8.03. The van der Waals surface area contributed by atoms with Crippen molar-refractivity contribution in [2.24, 2.45) is 0 Å². The highest BCUT2D eigenvalue weighted by Crippen LogP contribution is 2.16. The Morgan fingerprint density at radius 1 is 1.25 bits per heavy atom. The molecule has 2 unspecified atom stereocenters. The average molecular weight is 327 g/mol. The molecular formula is C18H21N3O3. The number of para-hydroxylation sites is 1. The molecule has 1 fully saturated rings. The lowest BCUT2D eigenvalue weighted by atomic mass is 10.2. The van der Waals surface area contributed by atoms with Gasteiger partial charge in [0.05, 0.1) is 12.2 Å². The zero-order valence-electron chi connectivity index (χ0n) is 13.4. The van der Waals surface area contributed by atoms with Crippen LogP contribution in [-0.2, 0) is 4.79 Å². The summed E-state index contributed by atoms with van der Waals surface area (Å²) in [5.41, 5.74) is 0. The van der Waals surface area contributed by atoms with Gasteiger partial charge in [-0.15, -0.1) is 0 Å². The van der Waals surface area contributed by atoms with E-state index in [1.807, 2.05) is 47.4 Å². The summed E-state index contributed by atoms with van der Waals surface area (Å²) in [6, 6.07) is 13.1. The van der Waals surface area contributed by atoms with E-state index in [4.69, 9.17) is 9.47 Å². The van der Waals surface area contributed by atoms with Gasteiger partial charge in [-0.05, 0) is 24.3 Å². The number of ether oxygens (including phenoxy) is 2. The van der Waals surface area contributed by atoms with Crippen LogP contribution in [0.1, 0.15) is 0 Å². The SMILES string of the molecule is O=CC(Oc1ccccc1)N1CCNCC1COc1cccnc1. The first-order valence-corrected chi connectivity index (χ1v) is 8.03. The molecule has 0 radical (unpaired) electrons. The second-order valence-corrected chi connectivity index (χ2v) is 5.55. The van der Waals surface area contributed by atoms with Gasteiger partial charge in [-0.2, -0.15) is 0 Å². The van der Waals surface area contributed by atoms with E-state index in [9.17, 15) is 4.79 Å². The van der Waals surface area contributed by atoms with Gasteiger partial charge in [-0.3, -0.25) is 14.7 Å². The molecule has 3 rings (SSSR count). The first-order chi connectivity index (χ1) is 11.9. The van der Waals surface area contributed by atoms with Crippen molar-refractivity contribution in [2.45, 2.75) is 12.3 Å². The Bertz CT molecular complexity index is 624. The smallest absolute Gasteiger partial charge is 0.209 e. The molecule has 24 heavy (non-hydrogen) atoms. The number of nitrogens with zero attached hydrogens (tertiary/aromatic N) is 2. The maximum absolute atomic E-state index is 11.6. The number of nitrogens with one attached hydrogen (secondary N) is 1. The molecule has 2 heterocycles. The minimum atomic E-state index is -0.628. The molecule has 6 nitrogen and oxygen atoms in total. The number of carbonyl (C=O) groups is 1. The van der Waals surface area contributed by atoms with Gasteiger partial charge in [0, 0.05) is 25.8 Å². The Morgan fingerprint density at radius 2 is 2.08 bits per heavy atom. The van der Waals surface area contributed by atoms with Gasteiger partial charge in [0.15, 0.2) is 6.29 Å². The lowest BCUT2D eigenvalue weighted by molar-refractivity contribution is -0.125. The Hall–Kier alpha value is -2.44. The van der Waals surface area contributed by atoms with Gasteiger partial charge in [0.2, 0.25) is 6.23 Å². The van der Waals surface area contributed by atoms with Crippen LogP contribution in [-0.4, -0.2) is 54.7 Å². The van der Waals surface area contributed by atoms with Crippen molar-refractivity contribution < 1.29 is 14.3 Å². The van der Waals surface area contributed by atoms with Crippen molar-refractivity contribution in [3.63, 3.8) is 0 Å². The van der Waals surface area contributed by atoms with E-state index in [1.54, 1.807) is 12.4 Å². The summed E-state index contributed by atoms with van der Waals surface area (Å²) in [4.78, 5) is 17.7. The largest absolute Gasteiger partial charge is 0.490 e. The second kappa shape index (κ2) is 8.42. The summed E-state index contributed by atoms with van der Waals surface area (Å²) in [6.07, 6.45) is 3.60. The first kappa shape index (κ1) is 16.4. The Balaban J connectivity index is 1.64. The molecule has 1 aromatic heterocycles. The van der Waals surface area contributed by atoms with Gasteiger partial charge in [-0.1, -0.05) is 18.2 Å². The van der Waals surface area contributed by atoms with Crippen LogP contribution in [0.5, 0.6) is 11.5 Å². The predicted octanol–water partition coefficient (Wildman–Crippen LogP) is 1.34. The topological polar surface area (TPSA) is 63.7 Å². The van der Waals surface area contributed by atoms with Gasteiger partial charge in [0.25, 0.3) is 0 Å². The minimum Gasteiger partial charge on any atom is -0.490 e. The third-order valence-electron chi connectivity index (χ3n) is 3.92. The number of aromatic nitrogens is 1. The monoisotopic (exact) mass is 327 g/mol. The standard InChI is InChI=1S/C18H21N3O3/c22-13-18(24-16-5-2-1-3-6-16)21-10-9-20-11-15(21)14-23-17-7-4-8-19-12-17/h1-8,12-13,15,18,20H,9-11,14H2. The van der Waals surface area contributed by atoms with Gasteiger partial charge in [0.1, 0.15) is 18.1 Å². The molecule has 1 aliphatic rings. The Morgan fingerprint density at radius 3 is 2.83 bits per heavy atom. The quantitative estimate of drug-likeness (QED) is 0.774. The number of benzene rings is 1. The Labute approximate surface area is 141 Å². The molecule has 1 N–H and O–H groups in total. The fourth-order valence-corrected chi connectivity index (χ4v) is 2.70. The number of aldehydes is 1. The molecule has 0 aliphatic carbocycles. The summed E-state index contributed by atoms with van der Waals surface area (Å²) < 4.78 is 11.7. The maximum atomic E-state index is 11.6. The Kier molecular flexibility index (Phi) is 5.76. The molecular weight excluding hydrogens is 306 g/mol. The van der Waals surface area contributed by atoms with Crippen LogP contribution >= 0.6 is 0 Å². The van der Waals surface area contributed by atoms with Crippen molar-refractivity contribution in [1.82, 2.24) is 15.2 Å². The molecule has 0 saturated carbocycles. The summed E-state index contributed by atoms with van der Waals surface area (Å²) in [5, 5.41) is 3.34. The molecule has 2 atom stereocenters. The van der Waals surface area contributed by atoms with Crippen LogP contribution in [0, 0.1) is 0 Å². The van der Waals surface area contributed by atoms with Crippen LogP contribution in [0.4, 0.5) is 0 Å². The lowest BCUT2D eigenvalue weighted by Crippen LogP contribution is -2.59. The number of hydrogen-bond donors (Lipinski definition) is 1. The van der Waals surface area contributed by atoms with E-state index < -0.39 is 6.23 Å². The fourth-order valence-electron chi connectivity index (χ4n) is 2.70. The van der Waals surface area contributed by atoms with E-state index in [0.717, 1.165) is 31.7 Å². The minimum absolute atomic E-state index is 0.0397. The van der Waals surface area contributed by atoms with Crippen LogP contribution < -0.4 is 14.8 Å². The fraction of sp³-hybridized carbons (Fsp3) is 0.333. The normalized spacial score (nSPS) is 19.4. The number of carbonyl (C=O) groups excluding carboxylic acids is 1. The van der Waals surface area contributed by atoms with Crippen LogP contribution in [0.2, 0.25) is 0 Å². The maximum Gasteiger partial charge on any atom is 0.209 e. The molecule has 0 spiro atoms. The molecule has 1 saturated heterocycles. The average Bonchev–Trinajstić information content (AvgIpc) is 2.66. The highest BCUT2D eigenvalue weighted by Gasteiger charge is 2.30. The van der Waals surface area contributed by atoms with E-state index in [2.05, 4.69) is 10.3 Å². The molecule has 6 heteroatoms. The molecule has 1 aliphatic heterocycles. The second-order valence-electron chi connectivity index (χ2n) is 5.55. The van der Waals surface area contributed by atoms with Gasteiger partial charge < -0.3 is 14.8 Å². The number of hydrogen-bond acceptors (Lipinski definition) is 6. The third-order valence-corrected chi connectivity index (χ3v) is 3.92. The number of pyridine rings is 1. The highest BCUT2D eigenvalue weighted by atomic mass is 16.5. The summed E-state index contributed by atoms with van der Waals surface area (Å²) in [7, 11) is 0. The van der Waals surface area contributed by atoms with Gasteiger partial charge >= 0.3 is 0 Å². The van der Waals surface area contributed by atoms with Crippen molar-refractivity contribution >= 4 is 6.29 Å². The van der Waals surface area contributed by atoms with Gasteiger partial charge in [-0.25, -0.2) is 0 Å². The molecule has 126 valence electrons. The van der Waals surface area contributed by atoms with Crippen LogP contribution in [0.3, 0.4) is 0 Å². The van der Waals surface area contributed by atoms with Crippen LogP contribution in [0.25, 0.3) is 0 Å². The molecule has 0 bridgehead atoms. The summed E-state index contributed by atoms with van der Waals surface area (Å²) >= 11 is 0. The van der Waals surface area contributed by atoms with Crippen molar-refractivity contribution in [3.8, 4) is 11.5 Å². The van der Waals surface area contributed by atoms with Crippen molar-refractivity contribution in [1.29, 1.82) is 0 Å². The van der Waals surface area contributed by atoms with Crippen LogP contribution in [0.15, 0.2) is 54.9 Å². The number of piperazine rings is 1. The van der Waals surface area contributed by atoms with E-state index in [0.29, 0.717) is 12.4 Å². The molecule has 1 aromatic carbocycles. The zero-order valence-corrected chi connectivity index (χ0v) is 13.4. The third kappa shape index (κ3) is 4.31. The number of rotatable bonds is 7. The molecule has 0 amide bonds. The van der Waals surface area contributed by atoms with E-state index >= 15 is 0 Å². The summed E-state index contributed by atoms with van der Waals surface area (Å²) in [6.45, 7) is 2.73. The lowest BCUT2D eigenvalue weighted by Gasteiger charge is -2.38. The van der Waals surface area contributed by atoms with Crippen molar-refractivity contribution in [3.05, 3.63) is 54.9 Å². The highest BCUT2D eigenvalue weighted by molar-refractivity contribution is 5.56. The summed E-state index contributed by atoms with van der Waals surface area (Å²) in [5.74, 6) is 1.40.